The fourth-order valence-corrected chi connectivity index (χ4v) is 5.56. The molecule has 0 aliphatic carbocycles. The van der Waals surface area contributed by atoms with Gasteiger partial charge in [0, 0.05) is 52.4 Å². The van der Waals surface area contributed by atoms with Crippen molar-refractivity contribution in [3.63, 3.8) is 0 Å². The smallest absolute Gasteiger partial charge is 0.318 e. The number of hydrogen-bond donors (Lipinski definition) is 2. The molecule has 0 bridgehead atoms. The number of hydrogen-bond acceptors (Lipinski definition) is 4. The van der Waals surface area contributed by atoms with Crippen LogP contribution < -0.4 is 10.2 Å². The molecule has 1 atom stereocenters. The quantitative estimate of drug-likeness (QED) is 0.510. The van der Waals surface area contributed by atoms with Crippen LogP contribution in [0.5, 0.6) is 0 Å². The summed E-state index contributed by atoms with van der Waals surface area (Å²) in [6.45, 7) is 8.51. The summed E-state index contributed by atoms with van der Waals surface area (Å²) in [6, 6.07) is 10.4. The van der Waals surface area contributed by atoms with E-state index in [0.29, 0.717) is 64.6 Å². The number of likely N-dealkylation sites (N-methyl/N-ethyl adjacent to an activating group) is 1. The fraction of sp³-hybridized carbons (Fsp3) is 0.385. The maximum atomic E-state index is 13.8. The van der Waals surface area contributed by atoms with Crippen molar-refractivity contribution in [3.05, 3.63) is 62.6 Å². The molecular formula is C26H28BrClN4O3. The molecule has 2 N–H and O–H groups in total. The van der Waals surface area contributed by atoms with Crippen molar-refractivity contribution in [2.75, 3.05) is 50.7 Å². The highest BCUT2D eigenvalue weighted by atomic mass is 79.9. The number of rotatable bonds is 7. The Balaban J connectivity index is 1.75. The molecule has 0 aromatic heterocycles. The molecule has 1 unspecified atom stereocenters. The monoisotopic (exact) mass is 558 g/mol. The summed E-state index contributed by atoms with van der Waals surface area (Å²) in [7, 11) is 0. The van der Waals surface area contributed by atoms with Crippen molar-refractivity contribution in [1.82, 2.24) is 15.1 Å². The Morgan fingerprint density at radius 3 is 2.63 bits per heavy atom. The average molecular weight is 560 g/mol. The lowest BCUT2D eigenvalue weighted by Crippen LogP contribution is -2.44. The van der Waals surface area contributed by atoms with E-state index in [4.69, 9.17) is 11.6 Å². The molecule has 2 aliphatic rings. The predicted octanol–water partition coefficient (Wildman–Crippen LogP) is 3.40. The Bertz CT molecular complexity index is 1210. The van der Waals surface area contributed by atoms with Gasteiger partial charge in [0.1, 0.15) is 0 Å². The van der Waals surface area contributed by atoms with E-state index >= 15 is 0 Å². The van der Waals surface area contributed by atoms with E-state index in [-0.39, 0.29) is 6.03 Å². The number of fused-ring (bicyclic) bond motifs is 1. The number of anilines is 1. The van der Waals surface area contributed by atoms with E-state index < -0.39 is 11.5 Å². The maximum Gasteiger partial charge on any atom is 0.318 e. The lowest BCUT2D eigenvalue weighted by molar-refractivity contribution is -0.132. The van der Waals surface area contributed by atoms with Crippen molar-refractivity contribution in [2.24, 2.45) is 0 Å². The van der Waals surface area contributed by atoms with Gasteiger partial charge in [-0.15, -0.1) is 0 Å². The molecule has 0 saturated carbocycles. The highest BCUT2D eigenvalue weighted by Crippen LogP contribution is 2.49. The maximum absolute atomic E-state index is 13.8. The minimum atomic E-state index is -1.92. The highest BCUT2D eigenvalue weighted by Gasteiger charge is 2.53. The molecule has 0 spiro atoms. The van der Waals surface area contributed by atoms with E-state index in [0.717, 1.165) is 13.1 Å². The molecule has 2 heterocycles. The second kappa shape index (κ2) is 10.6. The zero-order valence-corrected chi connectivity index (χ0v) is 22.1. The Kier molecular flexibility index (Phi) is 7.72. The van der Waals surface area contributed by atoms with Gasteiger partial charge in [0.25, 0.3) is 5.91 Å². The van der Waals surface area contributed by atoms with Crippen LogP contribution in [0.4, 0.5) is 10.5 Å². The first-order valence-corrected chi connectivity index (χ1v) is 12.9. The van der Waals surface area contributed by atoms with Crippen molar-refractivity contribution in [1.29, 1.82) is 0 Å². The summed E-state index contributed by atoms with van der Waals surface area (Å²) in [4.78, 5) is 31.1. The third kappa shape index (κ3) is 4.78. The van der Waals surface area contributed by atoms with Crippen molar-refractivity contribution in [3.8, 4) is 11.8 Å². The Labute approximate surface area is 219 Å². The Morgan fingerprint density at radius 1 is 1.23 bits per heavy atom. The van der Waals surface area contributed by atoms with Crippen LogP contribution in [0.25, 0.3) is 0 Å². The van der Waals surface area contributed by atoms with Crippen LogP contribution in [0, 0.1) is 11.8 Å². The second-order valence-corrected chi connectivity index (χ2v) is 9.74. The summed E-state index contributed by atoms with van der Waals surface area (Å²) in [6.07, 6.45) is 0. The number of carbonyl (C=O) groups excluding carboxylic acids is 2. The fourth-order valence-electron chi connectivity index (χ4n) is 4.55. The van der Waals surface area contributed by atoms with Gasteiger partial charge < -0.3 is 25.1 Å². The zero-order chi connectivity index (χ0) is 25.2. The summed E-state index contributed by atoms with van der Waals surface area (Å²) < 4.78 is 0.569. The number of amides is 3. The molecule has 184 valence electrons. The molecule has 35 heavy (non-hydrogen) atoms. The predicted molar refractivity (Wildman–Crippen MR) is 141 cm³/mol. The van der Waals surface area contributed by atoms with Gasteiger partial charge in [-0.3, -0.25) is 4.79 Å². The lowest BCUT2D eigenvalue weighted by atomic mass is 9.87. The number of nitrogens with one attached hydrogen (secondary N) is 1. The highest BCUT2D eigenvalue weighted by molar-refractivity contribution is 9.10. The first kappa shape index (κ1) is 25.5. The standard InChI is InChI=1S/C26H28BrClN4O3/c1-3-30(4-2)14-15-32-22-17-18(8-7-12-31-13-11-29-25(31)34)16-20(27)23(22)26(35,24(32)33)19-9-5-6-10-21(19)28/h5-6,9-10,16-17,35H,3-4,11-15H2,1-2H3,(H,29,34). The van der Waals surface area contributed by atoms with Gasteiger partial charge in [-0.1, -0.05) is 71.4 Å². The topological polar surface area (TPSA) is 76.1 Å². The van der Waals surface area contributed by atoms with Crippen molar-refractivity contribution >= 4 is 45.2 Å². The Hall–Kier alpha value is -2.57. The van der Waals surface area contributed by atoms with Crippen molar-refractivity contribution < 1.29 is 14.7 Å². The normalized spacial score (nSPS) is 19.1. The first-order valence-electron chi connectivity index (χ1n) is 11.7. The van der Waals surface area contributed by atoms with Crippen LogP contribution in [0.1, 0.15) is 30.5 Å². The van der Waals surface area contributed by atoms with Crippen LogP contribution >= 0.6 is 27.5 Å². The van der Waals surface area contributed by atoms with E-state index in [2.05, 4.69) is 51.8 Å². The van der Waals surface area contributed by atoms with Crippen molar-refractivity contribution in [2.45, 2.75) is 19.4 Å². The van der Waals surface area contributed by atoms with E-state index in [1.54, 1.807) is 40.1 Å². The van der Waals surface area contributed by atoms with E-state index in [1.807, 2.05) is 6.07 Å². The third-order valence-electron chi connectivity index (χ3n) is 6.52. The van der Waals surface area contributed by atoms with E-state index in [1.165, 1.54) is 0 Å². The van der Waals surface area contributed by atoms with Crippen LogP contribution in [0.3, 0.4) is 0 Å². The molecule has 9 heteroatoms. The summed E-state index contributed by atoms with van der Waals surface area (Å²) in [5.41, 5.74) is 0.161. The van der Waals surface area contributed by atoms with Crippen LogP contribution in [-0.4, -0.2) is 72.7 Å². The third-order valence-corrected chi connectivity index (χ3v) is 7.48. The molecule has 0 radical (unpaired) electrons. The molecular weight excluding hydrogens is 532 g/mol. The van der Waals surface area contributed by atoms with Gasteiger partial charge in [0.05, 0.1) is 12.2 Å². The largest absolute Gasteiger partial charge is 0.372 e. The molecule has 7 nitrogen and oxygen atoms in total. The number of benzene rings is 2. The minimum absolute atomic E-state index is 0.118. The summed E-state index contributed by atoms with van der Waals surface area (Å²) in [5, 5.41) is 15.0. The van der Waals surface area contributed by atoms with Gasteiger partial charge in [-0.25, -0.2) is 4.79 Å². The van der Waals surface area contributed by atoms with Crippen LogP contribution in [0.15, 0.2) is 40.9 Å². The molecule has 1 saturated heterocycles. The second-order valence-electron chi connectivity index (χ2n) is 8.48. The van der Waals surface area contributed by atoms with Gasteiger partial charge >= 0.3 is 6.03 Å². The zero-order valence-electron chi connectivity index (χ0n) is 19.8. The number of nitrogens with zero attached hydrogens (tertiary/aromatic N) is 3. The molecule has 2 aliphatic heterocycles. The number of carbonyl (C=O) groups is 2. The molecule has 2 aromatic carbocycles. The molecule has 4 rings (SSSR count). The number of urea groups is 1. The minimum Gasteiger partial charge on any atom is -0.372 e. The molecule has 1 fully saturated rings. The molecule has 3 amide bonds. The van der Waals surface area contributed by atoms with Gasteiger partial charge in [0.15, 0.2) is 5.60 Å². The van der Waals surface area contributed by atoms with Crippen LogP contribution in [-0.2, 0) is 10.4 Å². The van der Waals surface area contributed by atoms with Gasteiger partial charge in [-0.2, -0.15) is 0 Å². The average Bonchev–Trinajstić information content (AvgIpc) is 3.34. The van der Waals surface area contributed by atoms with Crippen LogP contribution in [0.2, 0.25) is 5.02 Å². The van der Waals surface area contributed by atoms with E-state index in [9.17, 15) is 14.7 Å². The SMILES string of the molecule is CCN(CC)CCN1C(=O)C(O)(c2ccccc2Cl)c2c(Br)cc(C#CCN3CCNC3=O)cc21. The Morgan fingerprint density at radius 2 is 1.97 bits per heavy atom. The lowest BCUT2D eigenvalue weighted by Gasteiger charge is -2.26. The first-order chi connectivity index (χ1) is 16.8. The summed E-state index contributed by atoms with van der Waals surface area (Å²) in [5.74, 6) is 5.72. The van der Waals surface area contributed by atoms with Gasteiger partial charge in [-0.05, 0) is 31.3 Å². The number of aliphatic hydroxyl groups is 1. The number of halogens is 2. The molecule has 2 aromatic rings. The van der Waals surface area contributed by atoms with Gasteiger partial charge in [0.2, 0.25) is 0 Å². The summed E-state index contributed by atoms with van der Waals surface area (Å²) >= 11 is 10.0.